The number of nitrogens with zero attached hydrogens (tertiary/aromatic N) is 2. The molecule has 8 nitrogen and oxygen atoms in total. The molecule has 1 aromatic heterocycles. The molecule has 0 amide bonds. The van der Waals surface area contributed by atoms with Crippen LogP contribution in [0.1, 0.15) is 12.1 Å². The molecule has 7 N–H and O–H groups in total. The Kier molecular flexibility index (Phi) is 6.44. The third-order valence-corrected chi connectivity index (χ3v) is 2.74. The summed E-state index contributed by atoms with van der Waals surface area (Å²) >= 11 is 0. The van der Waals surface area contributed by atoms with Crippen molar-refractivity contribution in [1.82, 2.24) is 9.97 Å². The lowest BCUT2D eigenvalue weighted by atomic mass is 10.0. The molecule has 0 aromatic carbocycles. The van der Waals surface area contributed by atoms with Crippen molar-refractivity contribution in [3.8, 4) is 0 Å². The van der Waals surface area contributed by atoms with E-state index in [-0.39, 0.29) is 19.0 Å². The molecule has 0 radical (unpaired) electrons. The van der Waals surface area contributed by atoms with Crippen molar-refractivity contribution in [2.75, 3.05) is 12.3 Å². The van der Waals surface area contributed by atoms with Crippen molar-refractivity contribution in [2.24, 2.45) is 5.73 Å². The number of hydrogen-bond acceptors (Lipinski definition) is 8. The molecule has 1 aromatic rings. The van der Waals surface area contributed by atoms with Crippen molar-refractivity contribution in [1.29, 1.82) is 0 Å². The number of anilines is 1. The van der Waals surface area contributed by atoms with E-state index in [1.165, 1.54) is 0 Å². The van der Waals surface area contributed by atoms with E-state index in [1.54, 1.807) is 0 Å². The van der Waals surface area contributed by atoms with Gasteiger partial charge in [-0.2, -0.15) is 13.2 Å². The van der Waals surface area contributed by atoms with E-state index in [4.69, 9.17) is 31.5 Å². The maximum atomic E-state index is 11.8. The lowest BCUT2D eigenvalue weighted by Gasteiger charge is -2.34. The Morgan fingerprint density at radius 3 is 2.45 bits per heavy atom. The minimum Gasteiger partial charge on any atom is -0.394 e. The average Bonchev–Trinajstić information content (AvgIpc) is 2.42. The number of aromatic nitrogens is 2. The van der Waals surface area contributed by atoms with Crippen molar-refractivity contribution in [3.05, 3.63) is 18.0 Å². The van der Waals surface area contributed by atoms with Crippen LogP contribution in [0, 0.1) is 0 Å². The first kappa shape index (κ1) is 18.5. The zero-order valence-corrected chi connectivity index (χ0v) is 11.3. The molecular weight excluding hydrogens is 309 g/mol. The fourth-order valence-electron chi connectivity index (χ4n) is 1.67. The molecule has 126 valence electrons. The van der Waals surface area contributed by atoms with Gasteiger partial charge in [0.1, 0.15) is 24.1 Å². The lowest BCUT2D eigenvalue weighted by Crippen LogP contribution is -2.52. The number of aliphatic hydroxyl groups excluding tert-OH is 3. The first-order valence-corrected chi connectivity index (χ1v) is 6.19. The highest BCUT2D eigenvalue weighted by atomic mass is 19.4. The second-order valence-electron chi connectivity index (χ2n) is 4.49. The Bertz CT molecular complexity index is 477. The normalized spacial score (nSPS) is 28.7. The lowest BCUT2D eigenvalue weighted by molar-refractivity contribution is -0.177. The summed E-state index contributed by atoms with van der Waals surface area (Å²) in [5.41, 5.74) is 9.26. The highest BCUT2D eigenvalue weighted by Crippen LogP contribution is 2.27. The van der Waals surface area contributed by atoms with E-state index in [0.29, 0.717) is 0 Å². The van der Waals surface area contributed by atoms with Crippen molar-refractivity contribution < 1.29 is 33.2 Å². The second-order valence-corrected chi connectivity index (χ2v) is 4.49. The van der Waals surface area contributed by atoms with Gasteiger partial charge in [0.05, 0.1) is 12.7 Å². The van der Waals surface area contributed by atoms with Crippen LogP contribution in [0.2, 0.25) is 0 Å². The van der Waals surface area contributed by atoms with E-state index < -0.39 is 36.4 Å². The molecule has 22 heavy (non-hydrogen) atoms. The van der Waals surface area contributed by atoms with E-state index >= 15 is 0 Å². The zero-order valence-electron chi connectivity index (χ0n) is 11.3. The minimum atomic E-state index is -4.45. The molecule has 0 saturated carbocycles. The van der Waals surface area contributed by atoms with Gasteiger partial charge in [0.2, 0.25) is 5.95 Å². The van der Waals surface area contributed by atoms with Gasteiger partial charge < -0.3 is 31.5 Å². The number of aliphatic hydroxyl groups is 3. The monoisotopic (exact) mass is 326 g/mol. The molecule has 1 fully saturated rings. The quantitative estimate of drug-likeness (QED) is 0.434. The highest BCUT2D eigenvalue weighted by Gasteiger charge is 2.34. The Labute approximate surface area is 123 Å². The Morgan fingerprint density at radius 1 is 1.36 bits per heavy atom. The summed E-state index contributed by atoms with van der Waals surface area (Å²) in [6.07, 6.45) is -6.55. The van der Waals surface area contributed by atoms with E-state index in [0.717, 1.165) is 12.3 Å². The number of hydrogen-bond donors (Lipinski definition) is 5. The molecule has 2 rings (SSSR count). The predicted molar refractivity (Wildman–Crippen MR) is 68.0 cm³/mol. The summed E-state index contributed by atoms with van der Waals surface area (Å²) in [4.78, 5) is 6.31. The third-order valence-electron chi connectivity index (χ3n) is 2.74. The minimum absolute atomic E-state index is 0.206. The summed E-state index contributed by atoms with van der Waals surface area (Å²) in [5.74, 6) is -0.375. The fraction of sp³-hybridized carbons (Fsp3) is 0.636. The van der Waals surface area contributed by atoms with Crippen LogP contribution in [-0.4, -0.2) is 56.4 Å². The summed E-state index contributed by atoms with van der Waals surface area (Å²) in [6, 6.07) is 0.760. The molecule has 1 saturated heterocycles. The Morgan fingerprint density at radius 2 is 2.00 bits per heavy atom. The molecule has 0 bridgehead atoms. The van der Waals surface area contributed by atoms with Gasteiger partial charge in [-0.25, -0.2) is 9.97 Å². The maximum absolute atomic E-state index is 11.8. The molecule has 2 heterocycles. The van der Waals surface area contributed by atoms with Gasteiger partial charge in [-0.1, -0.05) is 0 Å². The summed E-state index contributed by atoms with van der Waals surface area (Å²) < 4.78 is 40.4. The number of rotatable bonds is 1. The Hall–Kier alpha value is -1.53. The van der Waals surface area contributed by atoms with Crippen LogP contribution in [0.25, 0.3) is 0 Å². The van der Waals surface area contributed by atoms with Gasteiger partial charge in [-0.15, -0.1) is 0 Å². The smallest absolute Gasteiger partial charge is 0.394 e. The van der Waals surface area contributed by atoms with Crippen LogP contribution in [0.15, 0.2) is 12.3 Å². The number of nitrogens with two attached hydrogens (primary N) is 2. The van der Waals surface area contributed by atoms with Crippen LogP contribution < -0.4 is 11.5 Å². The summed E-state index contributed by atoms with van der Waals surface area (Å²) in [6.45, 7) is -0.327. The first-order valence-electron chi connectivity index (χ1n) is 6.19. The number of alkyl halides is 3. The van der Waals surface area contributed by atoms with Crippen LogP contribution in [0.5, 0.6) is 0 Å². The van der Waals surface area contributed by atoms with Gasteiger partial charge in [0.15, 0.2) is 0 Å². The van der Waals surface area contributed by atoms with Crippen molar-refractivity contribution in [2.45, 2.75) is 37.1 Å². The van der Waals surface area contributed by atoms with Crippen molar-refractivity contribution >= 4 is 5.95 Å². The third kappa shape index (κ3) is 5.35. The fourth-order valence-corrected chi connectivity index (χ4v) is 1.67. The van der Waals surface area contributed by atoms with E-state index in [1.807, 2.05) is 0 Å². The van der Waals surface area contributed by atoms with Crippen LogP contribution in [0.3, 0.4) is 0 Å². The standard InChI is InChI=1S/C6H13NO4.C5H4F3N3/c7-5-1-3(9)6(10)4(2-8)11-5;6-5(7,8)3-1-2-10-4(9)11-3/h3-6,8-10H,1-2,7H2;1-2H,(H2,9,10,11). The topological polar surface area (TPSA) is 148 Å². The van der Waals surface area contributed by atoms with Crippen LogP contribution >= 0.6 is 0 Å². The van der Waals surface area contributed by atoms with Gasteiger partial charge in [-0.05, 0) is 6.07 Å². The molecule has 4 atom stereocenters. The van der Waals surface area contributed by atoms with Gasteiger partial charge in [0, 0.05) is 12.6 Å². The molecule has 11 heteroatoms. The average molecular weight is 326 g/mol. The molecular formula is C11H17F3N4O4. The predicted octanol–water partition coefficient (Wildman–Crippen LogP) is -1.15. The Balaban J connectivity index is 0.000000220. The maximum Gasteiger partial charge on any atom is 0.433 e. The van der Waals surface area contributed by atoms with Gasteiger partial charge in [-0.3, -0.25) is 0 Å². The number of halogens is 3. The molecule has 1 aliphatic heterocycles. The summed E-state index contributed by atoms with van der Waals surface area (Å²) in [7, 11) is 0. The highest BCUT2D eigenvalue weighted by molar-refractivity contribution is 5.18. The van der Waals surface area contributed by atoms with Gasteiger partial charge in [0.25, 0.3) is 0 Å². The van der Waals surface area contributed by atoms with Crippen LogP contribution in [0.4, 0.5) is 19.1 Å². The molecule has 4 unspecified atom stereocenters. The first-order chi connectivity index (χ1) is 10.1. The zero-order chi connectivity index (χ0) is 16.9. The molecule has 0 spiro atoms. The van der Waals surface area contributed by atoms with E-state index in [9.17, 15) is 13.2 Å². The molecule has 0 aliphatic carbocycles. The largest absolute Gasteiger partial charge is 0.433 e. The van der Waals surface area contributed by atoms with E-state index in [2.05, 4.69) is 9.97 Å². The SMILES string of the molecule is NC1CC(O)C(O)C(CO)O1.Nc1nccc(C(F)(F)F)n1. The number of ether oxygens (including phenoxy) is 1. The second kappa shape index (κ2) is 7.65. The van der Waals surface area contributed by atoms with Gasteiger partial charge >= 0.3 is 6.18 Å². The molecule has 1 aliphatic rings. The van der Waals surface area contributed by atoms with Crippen LogP contribution in [-0.2, 0) is 10.9 Å². The number of nitrogen functional groups attached to an aromatic ring is 1. The van der Waals surface area contributed by atoms with Crippen molar-refractivity contribution in [3.63, 3.8) is 0 Å². The summed E-state index contributed by atoms with van der Waals surface area (Å²) in [5, 5.41) is 26.9.